The first-order valence-electron chi connectivity index (χ1n) is 11.5. The molecule has 3 rings (SSSR count). The maximum atomic E-state index is 7.80. The standard InChI is InChI=1S/C24H36N4O2/c1-3-4-5-6-7-8-9-10-11-12-18-17-19(13-14-20(18)29-2)21-27-28-23(30-21)24(15-16-24)22(25)26/h13-14,17H,3-12,15-16H2,1-2H3,(H3,25,26). The molecule has 1 aromatic heterocycles. The first-order valence-corrected chi connectivity index (χ1v) is 11.5. The summed E-state index contributed by atoms with van der Waals surface area (Å²) in [5.74, 6) is 1.95. The fraction of sp³-hybridized carbons (Fsp3) is 0.625. The summed E-state index contributed by atoms with van der Waals surface area (Å²) in [6.45, 7) is 2.26. The molecule has 0 amide bonds. The molecule has 1 saturated carbocycles. The van der Waals surface area contributed by atoms with E-state index >= 15 is 0 Å². The van der Waals surface area contributed by atoms with Gasteiger partial charge in [0.2, 0.25) is 11.8 Å². The van der Waals surface area contributed by atoms with Crippen LogP contribution < -0.4 is 10.5 Å². The van der Waals surface area contributed by atoms with Crippen LogP contribution in [0.2, 0.25) is 0 Å². The van der Waals surface area contributed by atoms with Crippen LogP contribution in [0.3, 0.4) is 0 Å². The summed E-state index contributed by atoms with van der Waals surface area (Å²) < 4.78 is 11.5. The van der Waals surface area contributed by atoms with Crippen LogP contribution in [0.1, 0.15) is 89.0 Å². The number of methoxy groups -OCH3 is 1. The molecule has 1 aliphatic rings. The molecule has 1 heterocycles. The average Bonchev–Trinajstić information content (AvgIpc) is 3.43. The monoisotopic (exact) mass is 412 g/mol. The lowest BCUT2D eigenvalue weighted by Gasteiger charge is -2.10. The molecule has 0 bridgehead atoms. The minimum absolute atomic E-state index is 0.110. The summed E-state index contributed by atoms with van der Waals surface area (Å²) in [5, 5.41) is 16.2. The Morgan fingerprint density at radius 2 is 1.73 bits per heavy atom. The summed E-state index contributed by atoms with van der Waals surface area (Å²) >= 11 is 0. The number of hydrogen-bond acceptors (Lipinski definition) is 5. The van der Waals surface area contributed by atoms with Crippen LogP contribution in [0.5, 0.6) is 5.75 Å². The van der Waals surface area contributed by atoms with E-state index < -0.39 is 5.41 Å². The van der Waals surface area contributed by atoms with E-state index in [-0.39, 0.29) is 5.84 Å². The van der Waals surface area contributed by atoms with E-state index in [9.17, 15) is 0 Å². The minimum atomic E-state index is -0.531. The van der Waals surface area contributed by atoms with E-state index in [2.05, 4.69) is 23.2 Å². The maximum Gasteiger partial charge on any atom is 0.247 e. The Kier molecular flexibility index (Phi) is 7.88. The molecule has 1 fully saturated rings. The van der Waals surface area contributed by atoms with Crippen LogP contribution in [0.25, 0.3) is 11.5 Å². The predicted molar refractivity (Wildman–Crippen MR) is 120 cm³/mol. The van der Waals surface area contributed by atoms with Crippen molar-refractivity contribution in [3.63, 3.8) is 0 Å². The first kappa shape index (κ1) is 22.3. The molecule has 30 heavy (non-hydrogen) atoms. The van der Waals surface area contributed by atoms with Gasteiger partial charge in [-0.05, 0) is 49.4 Å². The summed E-state index contributed by atoms with van der Waals surface area (Å²) in [7, 11) is 1.71. The highest BCUT2D eigenvalue weighted by atomic mass is 16.5. The number of hydrogen-bond donors (Lipinski definition) is 2. The Labute approximate surface area is 180 Å². The van der Waals surface area contributed by atoms with Crippen molar-refractivity contribution in [1.29, 1.82) is 5.41 Å². The number of nitrogens with zero attached hydrogens (tertiary/aromatic N) is 2. The number of unbranched alkanes of at least 4 members (excludes halogenated alkanes) is 8. The smallest absolute Gasteiger partial charge is 0.247 e. The van der Waals surface area contributed by atoms with Crippen molar-refractivity contribution in [2.24, 2.45) is 5.73 Å². The summed E-state index contributed by atoms with van der Waals surface area (Å²) in [5.41, 5.74) is 7.26. The highest BCUT2D eigenvalue weighted by Gasteiger charge is 2.52. The van der Waals surface area contributed by atoms with E-state index in [0.717, 1.165) is 37.0 Å². The lowest BCUT2D eigenvalue weighted by Crippen LogP contribution is -2.27. The van der Waals surface area contributed by atoms with Crippen molar-refractivity contribution in [1.82, 2.24) is 10.2 Å². The van der Waals surface area contributed by atoms with Gasteiger partial charge in [0.15, 0.2) is 0 Å². The van der Waals surface area contributed by atoms with Gasteiger partial charge in [-0.1, -0.05) is 58.3 Å². The third-order valence-electron chi connectivity index (χ3n) is 6.18. The van der Waals surface area contributed by atoms with Gasteiger partial charge in [0, 0.05) is 5.56 Å². The molecule has 0 spiro atoms. The largest absolute Gasteiger partial charge is 0.496 e. The Bertz CT molecular complexity index is 826. The zero-order chi connectivity index (χ0) is 21.4. The fourth-order valence-corrected chi connectivity index (χ4v) is 3.99. The molecule has 1 aromatic carbocycles. The molecular weight excluding hydrogens is 376 g/mol. The van der Waals surface area contributed by atoms with Gasteiger partial charge in [0.25, 0.3) is 0 Å². The quantitative estimate of drug-likeness (QED) is 0.233. The van der Waals surface area contributed by atoms with Crippen molar-refractivity contribution in [3.05, 3.63) is 29.7 Å². The van der Waals surface area contributed by atoms with Gasteiger partial charge in [-0.25, -0.2) is 0 Å². The highest BCUT2D eigenvalue weighted by Crippen LogP contribution is 2.47. The molecule has 1 aliphatic carbocycles. The molecule has 6 nitrogen and oxygen atoms in total. The third-order valence-corrected chi connectivity index (χ3v) is 6.18. The number of benzene rings is 1. The first-order chi connectivity index (χ1) is 14.6. The number of amidine groups is 1. The summed E-state index contributed by atoms with van der Waals surface area (Å²) in [4.78, 5) is 0. The molecular formula is C24H36N4O2. The normalized spacial score (nSPS) is 14.6. The lowest BCUT2D eigenvalue weighted by atomic mass is 10.0. The highest BCUT2D eigenvalue weighted by molar-refractivity contribution is 5.91. The van der Waals surface area contributed by atoms with Gasteiger partial charge < -0.3 is 14.9 Å². The van der Waals surface area contributed by atoms with Gasteiger partial charge in [-0.15, -0.1) is 10.2 Å². The SMILES string of the molecule is CCCCCCCCCCCc1cc(-c2nnc(C3(C(=N)N)CC3)o2)ccc1OC. The van der Waals surface area contributed by atoms with E-state index in [1.54, 1.807) is 7.11 Å². The van der Waals surface area contributed by atoms with E-state index in [0.29, 0.717) is 11.8 Å². The van der Waals surface area contributed by atoms with E-state index in [4.69, 9.17) is 20.3 Å². The number of ether oxygens (including phenoxy) is 1. The number of rotatable bonds is 14. The van der Waals surface area contributed by atoms with Gasteiger partial charge >= 0.3 is 0 Å². The van der Waals surface area contributed by atoms with Crippen molar-refractivity contribution in [2.45, 2.75) is 89.4 Å². The Balaban J connectivity index is 1.54. The Hall–Kier alpha value is -2.37. The summed E-state index contributed by atoms with van der Waals surface area (Å²) in [6.07, 6.45) is 14.4. The molecule has 2 aromatic rings. The zero-order valence-corrected chi connectivity index (χ0v) is 18.5. The average molecular weight is 413 g/mol. The molecule has 0 unspecified atom stereocenters. The van der Waals surface area contributed by atoms with E-state index in [1.165, 1.54) is 56.9 Å². The molecule has 0 radical (unpaired) electrons. The van der Waals surface area contributed by atoms with Crippen molar-refractivity contribution >= 4 is 5.84 Å². The molecule has 6 heteroatoms. The molecule has 164 valence electrons. The lowest BCUT2D eigenvalue weighted by molar-refractivity contribution is 0.408. The minimum Gasteiger partial charge on any atom is -0.496 e. The Morgan fingerprint density at radius 1 is 1.07 bits per heavy atom. The number of nitrogens with one attached hydrogen (secondary N) is 1. The fourth-order valence-electron chi connectivity index (χ4n) is 3.99. The molecule has 0 aliphatic heterocycles. The zero-order valence-electron chi connectivity index (χ0n) is 18.5. The van der Waals surface area contributed by atoms with Gasteiger partial charge in [0.1, 0.15) is 17.0 Å². The van der Waals surface area contributed by atoms with Gasteiger partial charge in [-0.2, -0.15) is 0 Å². The number of aryl methyl sites for hydroxylation is 1. The predicted octanol–water partition coefficient (Wildman–Crippen LogP) is 5.79. The number of aromatic nitrogens is 2. The second kappa shape index (κ2) is 10.6. The second-order valence-electron chi connectivity index (χ2n) is 8.51. The van der Waals surface area contributed by atoms with Crippen LogP contribution in [-0.2, 0) is 11.8 Å². The van der Waals surface area contributed by atoms with Crippen molar-refractivity contribution in [2.75, 3.05) is 7.11 Å². The third kappa shape index (κ3) is 5.41. The van der Waals surface area contributed by atoms with Crippen LogP contribution in [0, 0.1) is 5.41 Å². The maximum absolute atomic E-state index is 7.80. The van der Waals surface area contributed by atoms with Crippen molar-refractivity contribution in [3.8, 4) is 17.2 Å². The van der Waals surface area contributed by atoms with Crippen molar-refractivity contribution < 1.29 is 9.15 Å². The second-order valence-corrected chi connectivity index (χ2v) is 8.51. The van der Waals surface area contributed by atoms with E-state index in [1.807, 2.05) is 12.1 Å². The topological polar surface area (TPSA) is 98.0 Å². The van der Waals surface area contributed by atoms with Gasteiger partial charge in [0.05, 0.1) is 7.11 Å². The summed E-state index contributed by atoms with van der Waals surface area (Å²) in [6, 6.07) is 6.01. The molecule has 0 saturated heterocycles. The molecule has 3 N–H and O–H groups in total. The Morgan fingerprint density at radius 3 is 2.33 bits per heavy atom. The number of nitrogens with two attached hydrogens (primary N) is 1. The molecule has 0 atom stereocenters. The van der Waals surface area contributed by atoms with Crippen LogP contribution in [-0.4, -0.2) is 23.1 Å². The van der Waals surface area contributed by atoms with Gasteiger partial charge in [-0.3, -0.25) is 5.41 Å². The van der Waals surface area contributed by atoms with Crippen LogP contribution >= 0.6 is 0 Å². The van der Waals surface area contributed by atoms with Crippen LogP contribution in [0.4, 0.5) is 0 Å². The van der Waals surface area contributed by atoms with Crippen LogP contribution in [0.15, 0.2) is 22.6 Å².